The Morgan fingerprint density at radius 1 is 0.975 bits per heavy atom. The molecule has 2 aromatic rings. The molecule has 1 unspecified atom stereocenters. The fraction of sp³-hybridized carbons (Fsp3) is 0.548. The normalized spacial score (nSPS) is 18.3. The van der Waals surface area contributed by atoms with Crippen LogP contribution in [-0.4, -0.2) is 72.5 Å². The summed E-state index contributed by atoms with van der Waals surface area (Å²) < 4.78 is 0. The van der Waals surface area contributed by atoms with Gasteiger partial charge in [0.1, 0.15) is 6.04 Å². The van der Waals surface area contributed by atoms with Crippen LogP contribution in [0.1, 0.15) is 56.1 Å². The molecule has 2 amide bonds. The Morgan fingerprint density at radius 3 is 2.38 bits per heavy atom. The number of hydrogen-bond donors (Lipinski definition) is 3. The van der Waals surface area contributed by atoms with E-state index in [1.165, 1.54) is 37.7 Å². The van der Waals surface area contributed by atoms with E-state index in [2.05, 4.69) is 39.8 Å². The van der Waals surface area contributed by atoms with Gasteiger partial charge < -0.3 is 21.3 Å². The molecule has 4 rings (SSSR count). The molecule has 9 heteroatoms. The number of benzene rings is 2. The van der Waals surface area contributed by atoms with Crippen LogP contribution >= 0.6 is 23.2 Å². The van der Waals surface area contributed by atoms with Crippen molar-refractivity contribution in [3.8, 4) is 0 Å². The number of halogens is 2. The second kappa shape index (κ2) is 15.2. The molecule has 0 radical (unpaired) electrons. The Labute approximate surface area is 248 Å². The molecule has 1 atom stereocenters. The summed E-state index contributed by atoms with van der Waals surface area (Å²) in [4.78, 5) is 30.7. The van der Waals surface area contributed by atoms with Gasteiger partial charge in [-0.3, -0.25) is 14.5 Å². The molecule has 2 aromatic carbocycles. The highest BCUT2D eigenvalue weighted by Gasteiger charge is 2.40. The highest BCUT2D eigenvalue weighted by Crippen LogP contribution is 2.37. The zero-order chi connectivity index (χ0) is 28.4. The lowest BCUT2D eigenvalue weighted by Crippen LogP contribution is -2.61. The average Bonchev–Trinajstić information content (AvgIpc) is 2.97. The molecule has 1 heterocycles. The molecule has 218 valence electrons. The first-order valence-electron chi connectivity index (χ1n) is 14.6. The summed E-state index contributed by atoms with van der Waals surface area (Å²) in [5.41, 5.74) is 7.85. The van der Waals surface area contributed by atoms with Gasteiger partial charge in [0.15, 0.2) is 0 Å². The standard InChI is InChI=1S/C31H43Cl2N5O2/c32-26-10-9-25(27(33)22-26)21-28(36-29(39)11-15-34)30(40)37-17-19-38(20-18-37)31(12-5-2-6-13-31)14-16-35-23-24-7-3-1-4-8-24/h1,3-4,7-10,22,28,35H,2,5-6,11-21,23,34H2,(H,36,39). The lowest BCUT2D eigenvalue weighted by molar-refractivity contribution is -0.139. The highest BCUT2D eigenvalue weighted by atomic mass is 35.5. The smallest absolute Gasteiger partial charge is 0.245 e. The van der Waals surface area contributed by atoms with Crippen molar-refractivity contribution in [1.29, 1.82) is 0 Å². The number of nitrogens with zero attached hydrogens (tertiary/aromatic N) is 2. The number of piperazine rings is 1. The van der Waals surface area contributed by atoms with Gasteiger partial charge >= 0.3 is 0 Å². The SMILES string of the molecule is NCCC(=O)NC(Cc1ccc(Cl)cc1Cl)C(=O)N1CCN(C2(CCNCc3ccccc3)CCCCC2)CC1. The minimum absolute atomic E-state index is 0.0711. The maximum atomic E-state index is 13.7. The second-order valence-corrected chi connectivity index (χ2v) is 12.0. The van der Waals surface area contributed by atoms with Crippen LogP contribution in [0.2, 0.25) is 10.0 Å². The van der Waals surface area contributed by atoms with E-state index in [0.717, 1.165) is 38.2 Å². The largest absolute Gasteiger partial charge is 0.344 e. The van der Waals surface area contributed by atoms with Gasteiger partial charge in [-0.1, -0.05) is 78.9 Å². The molecule has 0 aromatic heterocycles. The van der Waals surface area contributed by atoms with E-state index in [-0.39, 0.29) is 30.3 Å². The van der Waals surface area contributed by atoms with E-state index >= 15 is 0 Å². The predicted octanol–water partition coefficient (Wildman–Crippen LogP) is 4.40. The molecule has 2 fully saturated rings. The number of nitrogens with two attached hydrogens (primary N) is 1. The van der Waals surface area contributed by atoms with Crippen LogP contribution in [0.25, 0.3) is 0 Å². The minimum atomic E-state index is -0.699. The van der Waals surface area contributed by atoms with E-state index in [1.54, 1.807) is 12.1 Å². The molecule has 2 aliphatic rings. The molecule has 0 bridgehead atoms. The quantitative estimate of drug-likeness (QED) is 0.320. The second-order valence-electron chi connectivity index (χ2n) is 11.1. The number of rotatable bonds is 12. The lowest BCUT2D eigenvalue weighted by Gasteiger charge is -2.50. The van der Waals surface area contributed by atoms with E-state index in [1.807, 2.05) is 17.0 Å². The summed E-state index contributed by atoms with van der Waals surface area (Å²) in [6.07, 6.45) is 7.83. The lowest BCUT2D eigenvalue weighted by atomic mass is 9.77. The van der Waals surface area contributed by atoms with Crippen molar-refractivity contribution in [1.82, 2.24) is 20.4 Å². The first-order valence-corrected chi connectivity index (χ1v) is 15.4. The van der Waals surface area contributed by atoms with Gasteiger partial charge in [-0.15, -0.1) is 0 Å². The van der Waals surface area contributed by atoms with Gasteiger partial charge in [-0.25, -0.2) is 0 Å². The number of hydrogen-bond acceptors (Lipinski definition) is 5. The van der Waals surface area contributed by atoms with Gasteiger partial charge in [-0.05, 0) is 49.1 Å². The fourth-order valence-corrected chi connectivity index (χ4v) is 6.70. The van der Waals surface area contributed by atoms with E-state index in [0.29, 0.717) is 29.6 Å². The highest BCUT2D eigenvalue weighted by molar-refractivity contribution is 6.35. The summed E-state index contributed by atoms with van der Waals surface area (Å²) in [6.45, 7) is 5.07. The Bertz CT molecular complexity index is 1100. The third-order valence-corrected chi connectivity index (χ3v) is 9.02. The Balaban J connectivity index is 1.37. The van der Waals surface area contributed by atoms with Crippen molar-refractivity contribution < 1.29 is 9.59 Å². The van der Waals surface area contributed by atoms with E-state index in [4.69, 9.17) is 28.9 Å². The van der Waals surface area contributed by atoms with Gasteiger partial charge in [0.25, 0.3) is 0 Å². The van der Waals surface area contributed by atoms with E-state index in [9.17, 15) is 9.59 Å². The molecule has 1 saturated carbocycles. The summed E-state index contributed by atoms with van der Waals surface area (Å²) in [7, 11) is 0. The van der Waals surface area contributed by atoms with Crippen molar-refractivity contribution in [2.24, 2.45) is 5.73 Å². The van der Waals surface area contributed by atoms with Gasteiger partial charge in [0.05, 0.1) is 0 Å². The molecule has 40 heavy (non-hydrogen) atoms. The topological polar surface area (TPSA) is 90.7 Å². The Morgan fingerprint density at radius 2 is 1.70 bits per heavy atom. The predicted molar refractivity (Wildman–Crippen MR) is 163 cm³/mol. The zero-order valence-corrected chi connectivity index (χ0v) is 24.9. The molecule has 0 spiro atoms. The third-order valence-electron chi connectivity index (χ3n) is 8.43. The molecule has 1 aliphatic carbocycles. The number of nitrogens with one attached hydrogen (secondary N) is 2. The van der Waals surface area contributed by atoms with Crippen LogP contribution in [0.3, 0.4) is 0 Å². The van der Waals surface area contributed by atoms with Crippen molar-refractivity contribution in [3.05, 3.63) is 69.7 Å². The van der Waals surface area contributed by atoms with E-state index < -0.39 is 6.04 Å². The molecular weight excluding hydrogens is 545 g/mol. The monoisotopic (exact) mass is 587 g/mol. The maximum Gasteiger partial charge on any atom is 0.245 e. The first-order chi connectivity index (χ1) is 19.4. The number of carbonyl (C=O) groups is 2. The molecule has 1 saturated heterocycles. The summed E-state index contributed by atoms with van der Waals surface area (Å²) in [5, 5.41) is 7.59. The number of amides is 2. The van der Waals surface area contributed by atoms with Crippen LogP contribution in [0, 0.1) is 0 Å². The van der Waals surface area contributed by atoms with Gasteiger partial charge in [-0.2, -0.15) is 0 Å². The Hall–Kier alpha value is -2.16. The summed E-state index contributed by atoms with van der Waals surface area (Å²) in [5.74, 6) is -0.299. The van der Waals surface area contributed by atoms with Gasteiger partial charge in [0, 0.05) is 67.7 Å². The summed E-state index contributed by atoms with van der Waals surface area (Å²) in [6, 6.07) is 15.1. The van der Waals surface area contributed by atoms with Crippen molar-refractivity contribution in [2.45, 2.75) is 69.5 Å². The van der Waals surface area contributed by atoms with Crippen LogP contribution in [-0.2, 0) is 22.6 Å². The fourth-order valence-electron chi connectivity index (χ4n) is 6.21. The molecular formula is C31H43Cl2N5O2. The van der Waals surface area contributed by atoms with Crippen molar-refractivity contribution in [2.75, 3.05) is 39.3 Å². The van der Waals surface area contributed by atoms with Crippen LogP contribution in [0.5, 0.6) is 0 Å². The zero-order valence-electron chi connectivity index (χ0n) is 23.3. The van der Waals surface area contributed by atoms with Crippen molar-refractivity contribution >= 4 is 35.0 Å². The number of carbonyl (C=O) groups excluding carboxylic acids is 2. The molecule has 7 nitrogen and oxygen atoms in total. The maximum absolute atomic E-state index is 13.7. The Kier molecular flexibility index (Phi) is 11.7. The molecule has 1 aliphatic heterocycles. The minimum Gasteiger partial charge on any atom is -0.344 e. The molecule has 4 N–H and O–H groups in total. The summed E-state index contributed by atoms with van der Waals surface area (Å²) >= 11 is 12.5. The average molecular weight is 589 g/mol. The van der Waals surface area contributed by atoms with Gasteiger partial charge in [0.2, 0.25) is 11.8 Å². The van der Waals surface area contributed by atoms with Crippen LogP contribution in [0.4, 0.5) is 0 Å². The van der Waals surface area contributed by atoms with Crippen LogP contribution < -0.4 is 16.4 Å². The van der Waals surface area contributed by atoms with Crippen LogP contribution in [0.15, 0.2) is 48.5 Å². The van der Waals surface area contributed by atoms with Crippen molar-refractivity contribution in [3.63, 3.8) is 0 Å². The third kappa shape index (κ3) is 8.43. The first kappa shape index (κ1) is 30.8.